The molecule has 0 saturated heterocycles. The first-order valence-corrected chi connectivity index (χ1v) is 2.08. The minimum absolute atomic E-state index is 0. The van der Waals surface area contributed by atoms with Crippen molar-refractivity contribution in [1.82, 2.24) is 0 Å². The predicted octanol–water partition coefficient (Wildman–Crippen LogP) is 0.533. The summed E-state index contributed by atoms with van der Waals surface area (Å²) in [5.74, 6) is -7.89. The van der Waals surface area contributed by atoms with Crippen LogP contribution < -0.4 is 0 Å². The lowest BCUT2D eigenvalue weighted by Crippen LogP contribution is -2.60. The lowest BCUT2D eigenvalue weighted by molar-refractivity contribution is -0.179. The van der Waals surface area contributed by atoms with Crippen LogP contribution in [0.25, 0.3) is 0 Å². The molecule has 0 N–H and O–H groups in total. The Labute approximate surface area is 59.8 Å². The molecule has 6 heteroatoms. The van der Waals surface area contributed by atoms with Crippen LogP contribution >= 0.6 is 12.4 Å². The average molecular weight is 175 g/mol. The van der Waals surface area contributed by atoms with Crippen LogP contribution in [0.1, 0.15) is 0 Å². The number of halogens is 4. The summed E-state index contributed by atoms with van der Waals surface area (Å²) < 4.78 is 34.9. The van der Waals surface area contributed by atoms with Crippen molar-refractivity contribution in [1.29, 1.82) is 0 Å². The molecule has 0 aromatic carbocycles. The summed E-state index contributed by atoms with van der Waals surface area (Å²) >= 11 is 0. The molecule has 10 heavy (non-hydrogen) atoms. The Morgan fingerprint density at radius 2 is 1.50 bits per heavy atom. The van der Waals surface area contributed by atoms with Gasteiger partial charge in [0.15, 0.2) is 0 Å². The van der Waals surface area contributed by atoms with Crippen molar-refractivity contribution in [3.63, 3.8) is 0 Å². The van der Waals surface area contributed by atoms with E-state index in [0.717, 1.165) is 0 Å². The van der Waals surface area contributed by atoms with E-state index < -0.39 is 23.7 Å². The highest BCUT2D eigenvalue weighted by Crippen LogP contribution is 2.31. The first-order valence-electron chi connectivity index (χ1n) is 2.08. The summed E-state index contributed by atoms with van der Waals surface area (Å²) in [5, 5.41) is 0. The molecule has 1 aliphatic carbocycles. The molecule has 1 rings (SSSR count). The van der Waals surface area contributed by atoms with E-state index in [9.17, 15) is 22.8 Å². The van der Waals surface area contributed by atoms with Gasteiger partial charge in [0.25, 0.3) is 11.6 Å². The quantitative estimate of drug-likeness (QED) is 0.502. The van der Waals surface area contributed by atoms with E-state index in [4.69, 9.17) is 0 Å². The van der Waals surface area contributed by atoms with Gasteiger partial charge in [-0.05, 0) is 0 Å². The monoisotopic (exact) mass is 174 g/mol. The van der Waals surface area contributed by atoms with Gasteiger partial charge in [0.05, 0.1) is 0 Å². The standard InChI is InChI=1S/C4HF3O2.ClH/c5-1-2(8)4(6,7)3(1)9;/h1H;1H. The molecule has 2 nitrogen and oxygen atoms in total. The van der Waals surface area contributed by atoms with Crippen molar-refractivity contribution in [2.24, 2.45) is 0 Å². The van der Waals surface area contributed by atoms with Gasteiger partial charge in [-0.1, -0.05) is 0 Å². The van der Waals surface area contributed by atoms with Crippen LogP contribution in [0.4, 0.5) is 13.2 Å². The van der Waals surface area contributed by atoms with Crippen molar-refractivity contribution in [2.75, 3.05) is 0 Å². The zero-order valence-corrected chi connectivity index (χ0v) is 5.25. The number of ketones is 2. The third kappa shape index (κ3) is 0.811. The Bertz CT molecular complexity index is 173. The third-order valence-corrected chi connectivity index (χ3v) is 1.08. The molecule has 1 aliphatic rings. The van der Waals surface area contributed by atoms with Crippen molar-refractivity contribution >= 4 is 24.0 Å². The van der Waals surface area contributed by atoms with E-state index in [1.165, 1.54) is 0 Å². The van der Waals surface area contributed by atoms with Gasteiger partial charge in [-0.15, -0.1) is 12.4 Å². The molecular formula is C4H2ClF3O2. The van der Waals surface area contributed by atoms with Crippen LogP contribution in [0.5, 0.6) is 0 Å². The van der Waals surface area contributed by atoms with Gasteiger partial charge in [0, 0.05) is 0 Å². The topological polar surface area (TPSA) is 34.1 Å². The third-order valence-electron chi connectivity index (χ3n) is 1.08. The molecule has 0 amide bonds. The second-order valence-electron chi connectivity index (χ2n) is 1.67. The first kappa shape index (κ1) is 9.42. The lowest BCUT2D eigenvalue weighted by Gasteiger charge is -2.24. The minimum atomic E-state index is -4.04. The molecule has 0 aromatic rings. The Kier molecular flexibility index (Phi) is 2.10. The zero-order chi connectivity index (χ0) is 7.23. The fourth-order valence-corrected chi connectivity index (χ4v) is 0.481. The number of hydrogen-bond acceptors (Lipinski definition) is 2. The fourth-order valence-electron chi connectivity index (χ4n) is 0.481. The molecule has 0 aliphatic heterocycles. The van der Waals surface area contributed by atoms with E-state index >= 15 is 0 Å². The fraction of sp³-hybridized carbons (Fsp3) is 0.500. The summed E-state index contributed by atoms with van der Waals surface area (Å²) in [5.41, 5.74) is 0. The van der Waals surface area contributed by atoms with Crippen LogP contribution in [0.3, 0.4) is 0 Å². The number of carbonyl (C=O) groups excluding carboxylic acids is 2. The van der Waals surface area contributed by atoms with E-state index in [0.29, 0.717) is 0 Å². The summed E-state index contributed by atoms with van der Waals surface area (Å²) in [4.78, 5) is 19.5. The SMILES string of the molecule is Cl.O=C1C(F)C(=O)C1(F)F. The largest absolute Gasteiger partial charge is 0.369 e. The number of rotatable bonds is 0. The normalized spacial score (nSPS) is 23.5. The molecule has 1 fully saturated rings. The molecular weight excluding hydrogens is 172 g/mol. The molecule has 0 spiro atoms. The van der Waals surface area contributed by atoms with Crippen molar-refractivity contribution in [3.05, 3.63) is 0 Å². The highest BCUT2D eigenvalue weighted by molar-refractivity contribution is 6.31. The van der Waals surface area contributed by atoms with Crippen molar-refractivity contribution < 1.29 is 22.8 Å². The maximum atomic E-state index is 11.6. The second-order valence-corrected chi connectivity index (χ2v) is 1.67. The van der Waals surface area contributed by atoms with Crippen LogP contribution in [0.15, 0.2) is 0 Å². The number of alkyl halides is 3. The maximum Gasteiger partial charge on any atom is 0.369 e. The minimum Gasteiger partial charge on any atom is -0.289 e. The molecule has 0 bridgehead atoms. The van der Waals surface area contributed by atoms with E-state index in [1.807, 2.05) is 0 Å². The van der Waals surface area contributed by atoms with E-state index in [2.05, 4.69) is 0 Å². The van der Waals surface area contributed by atoms with E-state index in [1.54, 1.807) is 0 Å². The first-order chi connectivity index (χ1) is 3.98. The van der Waals surface area contributed by atoms with Crippen molar-refractivity contribution in [2.45, 2.75) is 12.1 Å². The molecule has 0 unspecified atom stereocenters. The molecule has 0 aromatic heterocycles. The number of Topliss-reactive ketones (excluding diaryl/α,β-unsaturated/α-hetero) is 2. The molecule has 58 valence electrons. The summed E-state index contributed by atoms with van der Waals surface area (Å²) in [6.07, 6.45) is -2.58. The van der Waals surface area contributed by atoms with Gasteiger partial charge >= 0.3 is 5.92 Å². The van der Waals surface area contributed by atoms with Gasteiger partial charge in [-0.25, -0.2) is 4.39 Å². The Morgan fingerprint density at radius 1 is 1.20 bits per heavy atom. The van der Waals surface area contributed by atoms with Crippen molar-refractivity contribution in [3.8, 4) is 0 Å². The van der Waals surface area contributed by atoms with E-state index in [-0.39, 0.29) is 12.4 Å². The Morgan fingerprint density at radius 3 is 1.60 bits per heavy atom. The number of hydrogen-bond donors (Lipinski definition) is 0. The maximum absolute atomic E-state index is 11.6. The molecule has 0 radical (unpaired) electrons. The van der Waals surface area contributed by atoms with Crippen LogP contribution in [0, 0.1) is 0 Å². The van der Waals surface area contributed by atoms with Gasteiger partial charge in [0.1, 0.15) is 0 Å². The van der Waals surface area contributed by atoms with Gasteiger partial charge in [-0.2, -0.15) is 8.78 Å². The Balaban J connectivity index is 0.000000810. The average Bonchev–Trinajstić information content (AvgIpc) is 1.84. The molecule has 1 saturated carbocycles. The smallest absolute Gasteiger partial charge is 0.289 e. The van der Waals surface area contributed by atoms with Crippen LogP contribution in [0.2, 0.25) is 0 Å². The summed E-state index contributed by atoms with van der Waals surface area (Å²) in [6, 6.07) is 0. The lowest BCUT2D eigenvalue weighted by atomic mass is 9.89. The van der Waals surface area contributed by atoms with Gasteiger partial charge in [0.2, 0.25) is 6.17 Å². The molecule has 0 heterocycles. The van der Waals surface area contributed by atoms with Gasteiger partial charge in [-0.3, -0.25) is 9.59 Å². The van der Waals surface area contributed by atoms with Crippen LogP contribution in [-0.4, -0.2) is 23.7 Å². The number of carbonyl (C=O) groups is 2. The zero-order valence-electron chi connectivity index (χ0n) is 4.44. The molecule has 0 atom stereocenters. The van der Waals surface area contributed by atoms with Crippen LogP contribution in [-0.2, 0) is 9.59 Å². The second kappa shape index (κ2) is 2.23. The summed E-state index contributed by atoms with van der Waals surface area (Å²) in [6.45, 7) is 0. The highest BCUT2D eigenvalue weighted by atomic mass is 35.5. The Hall–Kier alpha value is -0.580. The highest BCUT2D eigenvalue weighted by Gasteiger charge is 2.66. The predicted molar refractivity (Wildman–Crippen MR) is 27.1 cm³/mol. The van der Waals surface area contributed by atoms with Gasteiger partial charge < -0.3 is 0 Å². The summed E-state index contributed by atoms with van der Waals surface area (Å²) in [7, 11) is 0.